The molecular weight excluding hydrogens is 334 g/mol. The monoisotopic (exact) mass is 355 g/mol. The van der Waals surface area contributed by atoms with E-state index in [1.165, 1.54) is 0 Å². The maximum atomic E-state index is 12.3. The van der Waals surface area contributed by atoms with Crippen LogP contribution in [0.15, 0.2) is 28.7 Å². The Labute approximate surface area is 134 Å². The van der Waals surface area contributed by atoms with E-state index in [0.29, 0.717) is 0 Å². The van der Waals surface area contributed by atoms with Crippen LogP contribution in [0.2, 0.25) is 0 Å². The molecule has 1 rings (SSSR count). The Balaban J connectivity index is 2.86. The highest BCUT2D eigenvalue weighted by Crippen LogP contribution is 2.22. The molecule has 0 fully saturated rings. The maximum absolute atomic E-state index is 12.3. The van der Waals surface area contributed by atoms with Gasteiger partial charge in [0.2, 0.25) is 5.91 Å². The molecule has 0 aliphatic carbocycles. The number of halogens is 1. The third kappa shape index (κ3) is 5.50. The van der Waals surface area contributed by atoms with E-state index in [0.717, 1.165) is 16.5 Å². The van der Waals surface area contributed by atoms with E-state index in [1.54, 1.807) is 0 Å². The lowest BCUT2D eigenvalue weighted by Crippen LogP contribution is -2.36. The van der Waals surface area contributed by atoms with Crippen molar-refractivity contribution in [3.63, 3.8) is 0 Å². The zero-order valence-corrected chi connectivity index (χ0v) is 14.2. The Morgan fingerprint density at radius 2 is 1.81 bits per heavy atom. The van der Waals surface area contributed by atoms with Gasteiger partial charge in [0.15, 0.2) is 0 Å². The first-order chi connectivity index (χ1) is 9.85. The van der Waals surface area contributed by atoms with Gasteiger partial charge in [0.05, 0.1) is 12.5 Å². The minimum absolute atomic E-state index is 0.0986. The first-order valence-corrected chi connectivity index (χ1v) is 7.92. The second-order valence-corrected chi connectivity index (χ2v) is 6.30. The first-order valence-electron chi connectivity index (χ1n) is 7.12. The second-order valence-electron chi connectivity index (χ2n) is 5.38. The summed E-state index contributed by atoms with van der Waals surface area (Å²) in [7, 11) is 0. The summed E-state index contributed by atoms with van der Waals surface area (Å²) in [6.07, 6.45) is 0.789. The molecule has 0 aromatic heterocycles. The topological polar surface area (TPSA) is 66.4 Å². The van der Waals surface area contributed by atoms with Gasteiger partial charge in [-0.05, 0) is 23.6 Å². The standard InChI is InChI=1S/C16H22BrNO3/c1-4-10(2)11(3)16(21)18-14(9-15(19)20)12-5-7-13(17)8-6-12/h5-8,10-11,14H,4,9H2,1-3H3,(H,18,21)(H,19,20). The van der Waals surface area contributed by atoms with Crippen molar-refractivity contribution < 1.29 is 14.7 Å². The second kappa shape index (κ2) is 8.17. The highest BCUT2D eigenvalue weighted by Gasteiger charge is 2.23. The summed E-state index contributed by atoms with van der Waals surface area (Å²) >= 11 is 3.34. The Kier molecular flexibility index (Phi) is 6.89. The number of amides is 1. The van der Waals surface area contributed by atoms with Crippen molar-refractivity contribution in [1.29, 1.82) is 0 Å². The molecule has 2 N–H and O–H groups in total. The smallest absolute Gasteiger partial charge is 0.305 e. The lowest BCUT2D eigenvalue weighted by atomic mass is 9.92. The summed E-state index contributed by atoms with van der Waals surface area (Å²) in [5, 5.41) is 11.9. The molecule has 1 aromatic rings. The van der Waals surface area contributed by atoms with Crippen molar-refractivity contribution in [2.75, 3.05) is 0 Å². The molecular formula is C16H22BrNO3. The summed E-state index contributed by atoms with van der Waals surface area (Å²) in [6, 6.07) is 6.83. The molecule has 0 saturated heterocycles. The normalized spacial score (nSPS) is 15.0. The fraction of sp³-hybridized carbons (Fsp3) is 0.500. The van der Waals surface area contributed by atoms with E-state index in [2.05, 4.69) is 21.2 Å². The van der Waals surface area contributed by atoms with Crippen LogP contribution < -0.4 is 5.32 Å². The van der Waals surface area contributed by atoms with Crippen molar-refractivity contribution in [3.05, 3.63) is 34.3 Å². The fourth-order valence-electron chi connectivity index (χ4n) is 2.04. The van der Waals surface area contributed by atoms with Gasteiger partial charge in [0.25, 0.3) is 0 Å². The number of aliphatic carboxylic acids is 1. The van der Waals surface area contributed by atoms with E-state index >= 15 is 0 Å². The van der Waals surface area contributed by atoms with Crippen molar-refractivity contribution in [3.8, 4) is 0 Å². The molecule has 0 aliphatic heterocycles. The average Bonchev–Trinajstić information content (AvgIpc) is 2.45. The maximum Gasteiger partial charge on any atom is 0.305 e. The van der Waals surface area contributed by atoms with Gasteiger partial charge in [-0.1, -0.05) is 55.3 Å². The minimum Gasteiger partial charge on any atom is -0.481 e. The van der Waals surface area contributed by atoms with Gasteiger partial charge in [-0.3, -0.25) is 9.59 Å². The molecule has 5 heteroatoms. The number of benzene rings is 1. The zero-order chi connectivity index (χ0) is 16.0. The van der Waals surface area contributed by atoms with Gasteiger partial charge in [-0.2, -0.15) is 0 Å². The number of hydrogen-bond donors (Lipinski definition) is 2. The molecule has 21 heavy (non-hydrogen) atoms. The summed E-state index contributed by atoms with van der Waals surface area (Å²) in [5.41, 5.74) is 0.797. The lowest BCUT2D eigenvalue weighted by molar-refractivity contribution is -0.138. The third-order valence-corrected chi connectivity index (χ3v) is 4.41. The fourth-order valence-corrected chi connectivity index (χ4v) is 2.30. The van der Waals surface area contributed by atoms with Crippen LogP contribution in [-0.2, 0) is 9.59 Å². The van der Waals surface area contributed by atoms with Crippen LogP contribution in [0.5, 0.6) is 0 Å². The Morgan fingerprint density at radius 1 is 1.24 bits per heavy atom. The number of nitrogens with one attached hydrogen (secondary N) is 1. The molecule has 1 aromatic carbocycles. The quantitative estimate of drug-likeness (QED) is 0.782. The largest absolute Gasteiger partial charge is 0.481 e. The lowest BCUT2D eigenvalue weighted by Gasteiger charge is -2.23. The number of carbonyl (C=O) groups excluding carboxylic acids is 1. The molecule has 3 unspecified atom stereocenters. The Hall–Kier alpha value is -1.36. The van der Waals surface area contributed by atoms with E-state index in [-0.39, 0.29) is 24.2 Å². The highest BCUT2D eigenvalue weighted by molar-refractivity contribution is 9.10. The predicted molar refractivity (Wildman–Crippen MR) is 85.9 cm³/mol. The van der Waals surface area contributed by atoms with Crippen LogP contribution in [0.3, 0.4) is 0 Å². The molecule has 0 heterocycles. The molecule has 4 nitrogen and oxygen atoms in total. The zero-order valence-electron chi connectivity index (χ0n) is 12.6. The van der Waals surface area contributed by atoms with Gasteiger partial charge in [0.1, 0.15) is 0 Å². The van der Waals surface area contributed by atoms with Crippen molar-refractivity contribution in [1.82, 2.24) is 5.32 Å². The van der Waals surface area contributed by atoms with Gasteiger partial charge in [-0.25, -0.2) is 0 Å². The molecule has 3 atom stereocenters. The molecule has 0 aliphatic rings. The average molecular weight is 356 g/mol. The third-order valence-electron chi connectivity index (χ3n) is 3.88. The van der Waals surface area contributed by atoms with Gasteiger partial charge in [0, 0.05) is 10.4 Å². The van der Waals surface area contributed by atoms with Crippen LogP contribution in [0.4, 0.5) is 0 Å². The van der Waals surface area contributed by atoms with Gasteiger partial charge in [-0.15, -0.1) is 0 Å². The van der Waals surface area contributed by atoms with Gasteiger partial charge < -0.3 is 10.4 Å². The molecule has 0 bridgehead atoms. The summed E-state index contributed by atoms with van der Waals surface area (Å²) in [4.78, 5) is 23.3. The Bertz CT molecular complexity index is 487. The van der Waals surface area contributed by atoms with Gasteiger partial charge >= 0.3 is 5.97 Å². The summed E-state index contributed by atoms with van der Waals surface area (Å²) in [6.45, 7) is 5.94. The highest BCUT2D eigenvalue weighted by atomic mass is 79.9. The summed E-state index contributed by atoms with van der Waals surface area (Å²) < 4.78 is 0.916. The molecule has 1 amide bonds. The number of carboxylic acid groups (broad SMARTS) is 1. The SMILES string of the molecule is CCC(C)C(C)C(=O)NC(CC(=O)O)c1ccc(Br)cc1. The van der Waals surface area contributed by atoms with E-state index in [4.69, 9.17) is 5.11 Å². The summed E-state index contributed by atoms with van der Waals surface area (Å²) in [5.74, 6) is -0.903. The molecule has 0 saturated carbocycles. The van der Waals surface area contributed by atoms with E-state index in [9.17, 15) is 9.59 Å². The number of hydrogen-bond acceptors (Lipinski definition) is 2. The Morgan fingerprint density at radius 3 is 2.29 bits per heavy atom. The first kappa shape index (κ1) is 17.7. The predicted octanol–water partition coefficient (Wildman–Crippen LogP) is 3.76. The van der Waals surface area contributed by atoms with Crippen LogP contribution in [0, 0.1) is 11.8 Å². The molecule has 0 spiro atoms. The minimum atomic E-state index is -0.931. The van der Waals surface area contributed by atoms with Crippen LogP contribution in [-0.4, -0.2) is 17.0 Å². The number of carboxylic acids is 1. The molecule has 116 valence electrons. The van der Waals surface area contributed by atoms with Crippen molar-refractivity contribution >= 4 is 27.8 Å². The van der Waals surface area contributed by atoms with Crippen LogP contribution >= 0.6 is 15.9 Å². The van der Waals surface area contributed by atoms with Crippen molar-refractivity contribution in [2.24, 2.45) is 11.8 Å². The van der Waals surface area contributed by atoms with E-state index in [1.807, 2.05) is 45.0 Å². The van der Waals surface area contributed by atoms with Crippen LogP contribution in [0.25, 0.3) is 0 Å². The van der Waals surface area contributed by atoms with Crippen molar-refractivity contribution in [2.45, 2.75) is 39.7 Å². The van der Waals surface area contributed by atoms with Crippen LogP contribution in [0.1, 0.15) is 45.2 Å². The van der Waals surface area contributed by atoms with E-state index < -0.39 is 12.0 Å². The molecule has 0 radical (unpaired) electrons. The number of rotatable bonds is 7. The number of carbonyl (C=O) groups is 2.